The minimum atomic E-state index is 0.0667. The Balaban J connectivity index is 0.000000211. The SMILES string of the molecule is CN(C)COc1ccccc1.COc1cccc(CO)c1. The van der Waals surface area contributed by atoms with Crippen molar-refractivity contribution >= 4 is 0 Å². The molecule has 0 atom stereocenters. The number of aliphatic hydroxyl groups excluding tert-OH is 1. The van der Waals surface area contributed by atoms with Crippen LogP contribution in [0.3, 0.4) is 0 Å². The van der Waals surface area contributed by atoms with Crippen molar-refractivity contribution in [3.63, 3.8) is 0 Å². The van der Waals surface area contributed by atoms with E-state index in [0.717, 1.165) is 17.1 Å². The van der Waals surface area contributed by atoms with Crippen LogP contribution < -0.4 is 9.47 Å². The summed E-state index contributed by atoms with van der Waals surface area (Å²) in [5.41, 5.74) is 0.874. The van der Waals surface area contributed by atoms with Crippen LogP contribution in [-0.2, 0) is 6.61 Å². The molecular weight excluding hydrogens is 266 g/mol. The summed E-state index contributed by atoms with van der Waals surface area (Å²) in [7, 11) is 5.56. The molecule has 4 heteroatoms. The summed E-state index contributed by atoms with van der Waals surface area (Å²) in [6, 6.07) is 17.2. The van der Waals surface area contributed by atoms with Gasteiger partial charge in [0, 0.05) is 0 Å². The van der Waals surface area contributed by atoms with Crippen LogP contribution >= 0.6 is 0 Å². The number of rotatable bonds is 5. The maximum Gasteiger partial charge on any atom is 0.141 e. The first kappa shape index (κ1) is 17.0. The number of nitrogens with zero attached hydrogens (tertiary/aromatic N) is 1. The first-order chi connectivity index (χ1) is 10.2. The van der Waals surface area contributed by atoms with Gasteiger partial charge >= 0.3 is 0 Å². The number of methoxy groups -OCH3 is 1. The van der Waals surface area contributed by atoms with E-state index in [1.807, 2.05) is 67.5 Å². The Bertz CT molecular complexity index is 481. The van der Waals surface area contributed by atoms with Gasteiger partial charge in [0.15, 0.2) is 0 Å². The van der Waals surface area contributed by atoms with Gasteiger partial charge in [0.05, 0.1) is 13.7 Å². The summed E-state index contributed by atoms with van der Waals surface area (Å²) in [6.07, 6.45) is 0. The van der Waals surface area contributed by atoms with Crippen LogP contribution in [0.4, 0.5) is 0 Å². The standard InChI is InChI=1S/C9H13NO.C8H10O2/c1-10(2)8-11-9-6-4-3-5-7-9;1-10-8-4-2-3-7(5-8)6-9/h3-7H,8H2,1-2H3;2-5,9H,6H2,1H3. The average Bonchev–Trinajstić information content (AvgIpc) is 2.54. The van der Waals surface area contributed by atoms with Crippen molar-refractivity contribution in [2.75, 3.05) is 27.9 Å². The zero-order chi connectivity index (χ0) is 15.5. The summed E-state index contributed by atoms with van der Waals surface area (Å²) < 4.78 is 10.3. The molecule has 0 saturated carbocycles. The minimum absolute atomic E-state index is 0.0667. The fourth-order valence-electron chi connectivity index (χ4n) is 1.49. The van der Waals surface area contributed by atoms with Gasteiger partial charge in [0.25, 0.3) is 0 Å². The molecule has 21 heavy (non-hydrogen) atoms. The van der Waals surface area contributed by atoms with Gasteiger partial charge in [-0.2, -0.15) is 0 Å². The second kappa shape index (κ2) is 9.80. The number of ether oxygens (including phenoxy) is 2. The highest BCUT2D eigenvalue weighted by molar-refractivity contribution is 5.27. The van der Waals surface area contributed by atoms with Crippen LogP contribution in [0.5, 0.6) is 11.5 Å². The maximum absolute atomic E-state index is 8.70. The highest BCUT2D eigenvalue weighted by Gasteiger charge is 1.92. The van der Waals surface area contributed by atoms with Crippen LogP contribution in [0.1, 0.15) is 5.56 Å². The molecule has 0 unspecified atom stereocenters. The van der Waals surface area contributed by atoms with Gasteiger partial charge in [0.2, 0.25) is 0 Å². The van der Waals surface area contributed by atoms with E-state index < -0.39 is 0 Å². The number of hydrogen-bond donors (Lipinski definition) is 1. The van der Waals surface area contributed by atoms with Crippen molar-refractivity contribution in [3.8, 4) is 11.5 Å². The molecule has 0 saturated heterocycles. The maximum atomic E-state index is 8.70. The van der Waals surface area contributed by atoms with Crippen molar-refractivity contribution in [3.05, 3.63) is 60.2 Å². The Hall–Kier alpha value is -2.04. The van der Waals surface area contributed by atoms with E-state index in [4.69, 9.17) is 14.6 Å². The molecule has 0 bridgehead atoms. The Morgan fingerprint density at radius 3 is 2.19 bits per heavy atom. The Morgan fingerprint density at radius 1 is 0.952 bits per heavy atom. The van der Waals surface area contributed by atoms with Gasteiger partial charge in [-0.15, -0.1) is 0 Å². The van der Waals surface area contributed by atoms with Crippen LogP contribution in [0.15, 0.2) is 54.6 Å². The van der Waals surface area contributed by atoms with E-state index in [9.17, 15) is 0 Å². The van der Waals surface area contributed by atoms with Crippen LogP contribution in [0, 0.1) is 0 Å². The summed E-state index contributed by atoms with van der Waals surface area (Å²) in [5, 5.41) is 8.70. The average molecular weight is 289 g/mol. The number of para-hydroxylation sites is 1. The quantitative estimate of drug-likeness (QED) is 0.859. The third-order valence-electron chi connectivity index (χ3n) is 2.55. The van der Waals surface area contributed by atoms with Crippen LogP contribution in [0.2, 0.25) is 0 Å². The van der Waals surface area contributed by atoms with Gasteiger partial charge in [0.1, 0.15) is 18.2 Å². The lowest BCUT2D eigenvalue weighted by molar-refractivity contribution is 0.179. The molecule has 0 aromatic heterocycles. The molecule has 4 nitrogen and oxygen atoms in total. The van der Waals surface area contributed by atoms with Crippen LogP contribution in [-0.4, -0.2) is 37.9 Å². The molecular formula is C17H23NO3. The monoisotopic (exact) mass is 289 g/mol. The Labute approximate surface area is 126 Å². The molecule has 0 amide bonds. The first-order valence-electron chi connectivity index (χ1n) is 6.72. The predicted octanol–water partition coefficient (Wildman–Crippen LogP) is 2.77. The Kier molecular flexibility index (Phi) is 7.94. The van der Waals surface area contributed by atoms with E-state index in [-0.39, 0.29) is 6.61 Å². The zero-order valence-corrected chi connectivity index (χ0v) is 12.8. The van der Waals surface area contributed by atoms with Gasteiger partial charge < -0.3 is 14.6 Å². The molecule has 0 aliphatic carbocycles. The van der Waals surface area contributed by atoms with Crippen molar-refractivity contribution < 1.29 is 14.6 Å². The molecule has 0 spiro atoms. The summed E-state index contributed by atoms with van der Waals surface area (Å²) in [4.78, 5) is 1.98. The number of hydrogen-bond acceptors (Lipinski definition) is 4. The number of benzene rings is 2. The predicted molar refractivity (Wildman–Crippen MR) is 84.5 cm³/mol. The first-order valence-corrected chi connectivity index (χ1v) is 6.72. The highest BCUT2D eigenvalue weighted by atomic mass is 16.5. The normalized spacial score (nSPS) is 9.76. The van der Waals surface area contributed by atoms with Gasteiger partial charge in [-0.25, -0.2) is 0 Å². The molecule has 0 fully saturated rings. The molecule has 0 aliphatic rings. The fraction of sp³-hybridized carbons (Fsp3) is 0.294. The van der Waals surface area contributed by atoms with E-state index >= 15 is 0 Å². The molecule has 114 valence electrons. The number of aliphatic hydroxyl groups is 1. The van der Waals surface area contributed by atoms with Gasteiger partial charge in [-0.3, -0.25) is 4.90 Å². The molecule has 1 N–H and O–H groups in total. The lowest BCUT2D eigenvalue weighted by Crippen LogP contribution is -2.18. The van der Waals surface area contributed by atoms with E-state index in [1.165, 1.54) is 0 Å². The molecule has 2 aromatic carbocycles. The van der Waals surface area contributed by atoms with E-state index in [1.54, 1.807) is 13.2 Å². The lowest BCUT2D eigenvalue weighted by Gasteiger charge is -2.10. The van der Waals surface area contributed by atoms with Crippen molar-refractivity contribution in [1.29, 1.82) is 0 Å². The molecule has 0 radical (unpaired) electrons. The lowest BCUT2D eigenvalue weighted by atomic mass is 10.2. The van der Waals surface area contributed by atoms with E-state index in [0.29, 0.717) is 6.73 Å². The second-order valence-electron chi connectivity index (χ2n) is 4.68. The van der Waals surface area contributed by atoms with Crippen molar-refractivity contribution in [1.82, 2.24) is 4.90 Å². The van der Waals surface area contributed by atoms with E-state index in [2.05, 4.69) is 0 Å². The summed E-state index contributed by atoms with van der Waals surface area (Å²) in [5.74, 6) is 1.70. The zero-order valence-electron chi connectivity index (χ0n) is 12.8. The third-order valence-corrected chi connectivity index (χ3v) is 2.55. The molecule has 0 aliphatic heterocycles. The smallest absolute Gasteiger partial charge is 0.141 e. The largest absolute Gasteiger partial charge is 0.497 e. The summed E-state index contributed by atoms with van der Waals surface area (Å²) >= 11 is 0. The molecule has 0 heterocycles. The Morgan fingerprint density at radius 2 is 1.62 bits per heavy atom. The second-order valence-corrected chi connectivity index (χ2v) is 4.68. The summed E-state index contributed by atoms with van der Waals surface area (Å²) in [6.45, 7) is 0.696. The molecule has 2 rings (SSSR count). The topological polar surface area (TPSA) is 41.9 Å². The third kappa shape index (κ3) is 7.34. The van der Waals surface area contributed by atoms with Crippen molar-refractivity contribution in [2.45, 2.75) is 6.61 Å². The van der Waals surface area contributed by atoms with Gasteiger partial charge in [-0.1, -0.05) is 30.3 Å². The highest BCUT2D eigenvalue weighted by Crippen LogP contribution is 2.11. The minimum Gasteiger partial charge on any atom is -0.497 e. The fourth-order valence-corrected chi connectivity index (χ4v) is 1.49. The van der Waals surface area contributed by atoms with Crippen molar-refractivity contribution in [2.24, 2.45) is 0 Å². The van der Waals surface area contributed by atoms with Gasteiger partial charge in [-0.05, 0) is 43.9 Å². The molecule has 2 aromatic rings. The van der Waals surface area contributed by atoms with Crippen LogP contribution in [0.25, 0.3) is 0 Å².